The number of carboxylic acid groups (broad SMARTS) is 1. The summed E-state index contributed by atoms with van der Waals surface area (Å²) in [5, 5.41) is 10.8. The van der Waals surface area contributed by atoms with Gasteiger partial charge in [0.2, 0.25) is 0 Å². The van der Waals surface area contributed by atoms with Crippen LogP contribution in [-0.2, 0) is 6.54 Å². The molecule has 82 valence electrons. The van der Waals surface area contributed by atoms with Gasteiger partial charge in [-0.25, -0.2) is 0 Å². The van der Waals surface area contributed by atoms with Gasteiger partial charge in [0.05, 0.1) is 19.1 Å². The Bertz CT molecular complexity index is 364. The number of hydrogen-bond donors (Lipinski definition) is 1. The van der Waals surface area contributed by atoms with Gasteiger partial charge in [-0.15, -0.1) is 0 Å². The molecule has 2 rings (SSSR count). The molecule has 4 heteroatoms. The van der Waals surface area contributed by atoms with E-state index in [0.717, 1.165) is 13.1 Å². The number of nitrogens with one attached hydrogen (secondary N) is 1. The zero-order valence-corrected chi connectivity index (χ0v) is 8.84. The first-order chi connectivity index (χ1) is 7.16. The van der Waals surface area contributed by atoms with E-state index in [1.807, 2.05) is 0 Å². The van der Waals surface area contributed by atoms with Crippen LogP contribution in [0.15, 0.2) is 10.5 Å². The molecule has 4 nitrogen and oxygen atoms in total. The van der Waals surface area contributed by atoms with Crippen molar-refractivity contribution in [2.24, 2.45) is 0 Å². The van der Waals surface area contributed by atoms with E-state index in [1.54, 1.807) is 13.0 Å². The van der Waals surface area contributed by atoms with Gasteiger partial charge in [-0.2, -0.15) is 0 Å². The highest BCUT2D eigenvalue weighted by Crippen LogP contribution is 2.13. The Balaban J connectivity index is 2.15. The Morgan fingerprint density at radius 3 is 2.80 bits per heavy atom. The molecule has 0 aliphatic carbocycles. The molecule has 0 unspecified atom stereocenters. The second-order valence-electron chi connectivity index (χ2n) is 4.12. The van der Waals surface area contributed by atoms with Crippen molar-refractivity contribution in [2.45, 2.75) is 26.3 Å². The molecule has 0 atom stereocenters. The van der Waals surface area contributed by atoms with Crippen molar-refractivity contribution in [3.8, 4) is 0 Å². The average molecular weight is 209 g/mol. The molecule has 0 aromatic carbocycles. The Morgan fingerprint density at radius 1 is 1.53 bits per heavy atom. The molecule has 1 aliphatic rings. The van der Waals surface area contributed by atoms with E-state index in [4.69, 9.17) is 4.42 Å². The number of furan rings is 1. The Hall–Kier alpha value is -1.29. The largest absolute Gasteiger partial charge is 0.545 e. The minimum absolute atomic E-state index is 0.215. The summed E-state index contributed by atoms with van der Waals surface area (Å²) in [5.74, 6) is 0.0626. The quantitative estimate of drug-likeness (QED) is 0.704. The molecule has 1 aliphatic heterocycles. The van der Waals surface area contributed by atoms with Crippen LogP contribution in [0.3, 0.4) is 0 Å². The summed E-state index contributed by atoms with van der Waals surface area (Å²) in [7, 11) is 0. The molecular weight excluding hydrogens is 194 g/mol. The van der Waals surface area contributed by atoms with Gasteiger partial charge >= 0.3 is 0 Å². The lowest BCUT2D eigenvalue weighted by Gasteiger charge is -2.11. The summed E-state index contributed by atoms with van der Waals surface area (Å²) in [6.45, 7) is 4.63. The Kier molecular flexibility index (Phi) is 2.77. The fraction of sp³-hybridized carbons (Fsp3) is 0.545. The van der Waals surface area contributed by atoms with Crippen molar-refractivity contribution in [3.63, 3.8) is 0 Å². The number of carboxylic acids is 1. The summed E-state index contributed by atoms with van der Waals surface area (Å²) in [6.07, 6.45) is 2.44. The topological polar surface area (TPSA) is 57.7 Å². The zero-order chi connectivity index (χ0) is 10.8. The lowest BCUT2D eigenvalue weighted by atomic mass is 10.2. The Labute approximate surface area is 88.5 Å². The normalized spacial score (nSPS) is 17.1. The predicted molar refractivity (Wildman–Crippen MR) is 51.4 cm³/mol. The van der Waals surface area contributed by atoms with Crippen LogP contribution in [0.1, 0.15) is 34.7 Å². The molecular formula is C11H15NO3. The fourth-order valence-electron chi connectivity index (χ4n) is 2.15. The number of carbonyl (C=O) groups is 1. The summed E-state index contributed by atoms with van der Waals surface area (Å²) in [6, 6.07) is 1.54. The van der Waals surface area contributed by atoms with E-state index in [-0.39, 0.29) is 5.56 Å². The Morgan fingerprint density at radius 2 is 2.20 bits per heavy atom. The first-order valence-corrected chi connectivity index (χ1v) is 5.31. The molecule has 2 heterocycles. The van der Waals surface area contributed by atoms with Crippen LogP contribution < -0.4 is 10.0 Å². The van der Waals surface area contributed by atoms with Crippen LogP contribution in [0.25, 0.3) is 0 Å². The van der Waals surface area contributed by atoms with E-state index in [2.05, 4.69) is 0 Å². The smallest absolute Gasteiger partial charge is 0.167 e. The first-order valence-electron chi connectivity index (χ1n) is 5.31. The van der Waals surface area contributed by atoms with Crippen molar-refractivity contribution in [2.75, 3.05) is 13.1 Å². The molecule has 1 fully saturated rings. The standard InChI is InChI=1S/C11H15NO3/c1-8-6-9(11(13)14)10(15-8)7-12-4-2-3-5-12/h6H,2-5,7H2,1H3,(H,13,14). The van der Waals surface area contributed by atoms with E-state index < -0.39 is 5.97 Å². The van der Waals surface area contributed by atoms with Crippen molar-refractivity contribution < 1.29 is 19.2 Å². The second kappa shape index (κ2) is 4.06. The lowest BCUT2D eigenvalue weighted by Crippen LogP contribution is -3.08. The molecule has 1 aromatic rings. The highest BCUT2D eigenvalue weighted by atomic mass is 16.4. The number of rotatable bonds is 3. The maximum atomic E-state index is 10.8. The van der Waals surface area contributed by atoms with Crippen LogP contribution in [0.4, 0.5) is 0 Å². The molecule has 0 amide bonds. The van der Waals surface area contributed by atoms with Crippen molar-refractivity contribution in [3.05, 3.63) is 23.2 Å². The number of aryl methyl sites for hydroxylation is 1. The number of hydrogen-bond acceptors (Lipinski definition) is 3. The van der Waals surface area contributed by atoms with Crippen molar-refractivity contribution in [1.82, 2.24) is 0 Å². The van der Waals surface area contributed by atoms with Crippen LogP contribution in [0.5, 0.6) is 0 Å². The molecule has 0 spiro atoms. The first kappa shape index (κ1) is 10.2. The third-order valence-corrected chi connectivity index (χ3v) is 2.87. The molecule has 0 radical (unpaired) electrons. The predicted octanol–water partition coefficient (Wildman–Crippen LogP) is -0.870. The van der Waals surface area contributed by atoms with Gasteiger partial charge in [0.25, 0.3) is 0 Å². The summed E-state index contributed by atoms with van der Waals surface area (Å²) >= 11 is 0. The second-order valence-corrected chi connectivity index (χ2v) is 4.12. The van der Waals surface area contributed by atoms with Gasteiger partial charge in [-0.1, -0.05) is 0 Å². The van der Waals surface area contributed by atoms with Gasteiger partial charge in [0, 0.05) is 18.4 Å². The number of carbonyl (C=O) groups excluding carboxylic acids is 1. The van der Waals surface area contributed by atoms with Gasteiger partial charge in [0.15, 0.2) is 5.76 Å². The number of likely N-dealkylation sites (tertiary alicyclic amines) is 1. The fourth-order valence-corrected chi connectivity index (χ4v) is 2.15. The third-order valence-electron chi connectivity index (χ3n) is 2.87. The van der Waals surface area contributed by atoms with E-state index in [0.29, 0.717) is 18.1 Å². The minimum atomic E-state index is -1.14. The van der Waals surface area contributed by atoms with Crippen molar-refractivity contribution in [1.29, 1.82) is 0 Å². The summed E-state index contributed by atoms with van der Waals surface area (Å²) in [5.41, 5.74) is 0.215. The molecule has 0 bridgehead atoms. The van der Waals surface area contributed by atoms with Crippen molar-refractivity contribution >= 4 is 5.97 Å². The molecule has 1 aromatic heterocycles. The SMILES string of the molecule is Cc1cc(C(=O)[O-])c(C[NH+]2CCCC2)o1. The van der Waals surface area contributed by atoms with Gasteiger partial charge in [-0.3, -0.25) is 0 Å². The number of quaternary nitrogens is 1. The van der Waals surface area contributed by atoms with Crippen LogP contribution in [0.2, 0.25) is 0 Å². The van der Waals surface area contributed by atoms with Crippen LogP contribution in [-0.4, -0.2) is 19.1 Å². The maximum Gasteiger partial charge on any atom is 0.167 e. The molecule has 0 saturated carbocycles. The van der Waals surface area contributed by atoms with E-state index in [9.17, 15) is 9.90 Å². The van der Waals surface area contributed by atoms with Gasteiger partial charge in [0.1, 0.15) is 12.3 Å². The summed E-state index contributed by atoms with van der Waals surface area (Å²) < 4.78 is 5.40. The lowest BCUT2D eigenvalue weighted by molar-refractivity contribution is -0.902. The highest BCUT2D eigenvalue weighted by molar-refractivity contribution is 5.87. The number of aromatic carboxylic acids is 1. The van der Waals surface area contributed by atoms with E-state index in [1.165, 1.54) is 17.7 Å². The van der Waals surface area contributed by atoms with Gasteiger partial charge in [-0.05, 0) is 13.0 Å². The molecule has 15 heavy (non-hydrogen) atoms. The minimum Gasteiger partial charge on any atom is -0.545 e. The zero-order valence-electron chi connectivity index (χ0n) is 8.84. The van der Waals surface area contributed by atoms with Crippen LogP contribution >= 0.6 is 0 Å². The molecule has 1 N–H and O–H groups in total. The average Bonchev–Trinajstić information content (AvgIpc) is 2.75. The van der Waals surface area contributed by atoms with Crippen LogP contribution in [0, 0.1) is 6.92 Å². The monoisotopic (exact) mass is 209 g/mol. The maximum absolute atomic E-state index is 10.8. The van der Waals surface area contributed by atoms with Gasteiger partial charge < -0.3 is 19.2 Å². The molecule has 1 saturated heterocycles. The van der Waals surface area contributed by atoms with E-state index >= 15 is 0 Å². The highest BCUT2D eigenvalue weighted by Gasteiger charge is 2.20. The summed E-state index contributed by atoms with van der Waals surface area (Å²) in [4.78, 5) is 12.2. The third kappa shape index (κ3) is 2.21.